The zero-order valence-corrected chi connectivity index (χ0v) is 10.4. The fraction of sp³-hybridized carbons (Fsp3) is 0.500. The maximum absolute atomic E-state index is 12.1. The molecule has 3 heteroatoms. The van der Waals surface area contributed by atoms with E-state index in [-0.39, 0.29) is 12.5 Å². The van der Waals surface area contributed by atoms with E-state index in [2.05, 4.69) is 6.92 Å². The van der Waals surface area contributed by atoms with Crippen LogP contribution in [0.2, 0.25) is 0 Å². The number of amides is 1. The lowest BCUT2D eigenvalue weighted by Gasteiger charge is -2.21. The van der Waals surface area contributed by atoms with Gasteiger partial charge in [-0.1, -0.05) is 38.0 Å². The lowest BCUT2D eigenvalue weighted by atomic mass is 10.2. The smallest absolute Gasteiger partial charge is 0.253 e. The van der Waals surface area contributed by atoms with Crippen molar-refractivity contribution >= 4 is 5.91 Å². The Hall–Kier alpha value is -1.35. The van der Waals surface area contributed by atoms with Crippen molar-refractivity contribution in [2.24, 2.45) is 0 Å². The van der Waals surface area contributed by atoms with Crippen LogP contribution < -0.4 is 0 Å². The van der Waals surface area contributed by atoms with E-state index >= 15 is 0 Å². The summed E-state index contributed by atoms with van der Waals surface area (Å²) in [5, 5.41) is 9.00. The molecule has 0 saturated heterocycles. The summed E-state index contributed by atoms with van der Waals surface area (Å²) in [5.74, 6) is 0.00996. The fourth-order valence-electron chi connectivity index (χ4n) is 1.75. The molecule has 0 aromatic heterocycles. The Morgan fingerprint density at radius 3 is 2.47 bits per heavy atom. The summed E-state index contributed by atoms with van der Waals surface area (Å²) < 4.78 is 0. The third-order valence-electron chi connectivity index (χ3n) is 2.71. The molecule has 1 rings (SSSR count). The molecule has 0 aliphatic carbocycles. The number of hydrogen-bond acceptors (Lipinski definition) is 2. The molecular weight excluding hydrogens is 214 g/mol. The van der Waals surface area contributed by atoms with Crippen LogP contribution in [0.4, 0.5) is 0 Å². The summed E-state index contributed by atoms with van der Waals surface area (Å²) in [5.41, 5.74) is 0.692. The van der Waals surface area contributed by atoms with Crippen molar-refractivity contribution in [3.8, 4) is 0 Å². The van der Waals surface area contributed by atoms with Gasteiger partial charge in [0.25, 0.3) is 5.91 Å². The van der Waals surface area contributed by atoms with E-state index in [0.717, 1.165) is 25.8 Å². The number of nitrogens with zero attached hydrogens (tertiary/aromatic N) is 1. The first-order chi connectivity index (χ1) is 8.29. The summed E-state index contributed by atoms with van der Waals surface area (Å²) in [6, 6.07) is 9.23. The molecular formula is C14H21NO2. The molecule has 0 heterocycles. The number of rotatable bonds is 7. The molecule has 0 atom stereocenters. The Bertz CT molecular complexity index is 324. The molecule has 0 bridgehead atoms. The van der Waals surface area contributed by atoms with E-state index in [1.807, 2.05) is 30.3 Å². The molecule has 1 aromatic carbocycles. The summed E-state index contributed by atoms with van der Waals surface area (Å²) >= 11 is 0. The molecule has 3 nitrogen and oxygen atoms in total. The minimum atomic E-state index is 0.00996. The van der Waals surface area contributed by atoms with Crippen molar-refractivity contribution in [2.75, 3.05) is 19.7 Å². The lowest BCUT2D eigenvalue weighted by molar-refractivity contribution is 0.0718. The highest BCUT2D eigenvalue weighted by molar-refractivity contribution is 5.94. The van der Waals surface area contributed by atoms with Gasteiger partial charge < -0.3 is 10.0 Å². The van der Waals surface area contributed by atoms with Crippen molar-refractivity contribution in [1.82, 2.24) is 4.90 Å². The Kier molecular flexibility index (Phi) is 6.33. The molecule has 1 N–H and O–H groups in total. The van der Waals surface area contributed by atoms with Gasteiger partial charge in [-0.05, 0) is 18.6 Å². The molecule has 0 unspecified atom stereocenters. The summed E-state index contributed by atoms with van der Waals surface area (Å²) in [7, 11) is 0. The normalized spacial score (nSPS) is 10.2. The van der Waals surface area contributed by atoms with Gasteiger partial charge in [0, 0.05) is 18.7 Å². The molecule has 0 spiro atoms. The van der Waals surface area contributed by atoms with Crippen molar-refractivity contribution in [1.29, 1.82) is 0 Å². The van der Waals surface area contributed by atoms with E-state index in [1.54, 1.807) is 4.90 Å². The van der Waals surface area contributed by atoms with Gasteiger partial charge in [-0.2, -0.15) is 0 Å². The molecule has 0 fully saturated rings. The van der Waals surface area contributed by atoms with Crippen LogP contribution in [-0.2, 0) is 0 Å². The first-order valence-corrected chi connectivity index (χ1v) is 6.24. The van der Waals surface area contributed by atoms with E-state index < -0.39 is 0 Å². The maximum atomic E-state index is 12.1. The summed E-state index contributed by atoms with van der Waals surface area (Å²) in [6.45, 7) is 3.29. The Labute approximate surface area is 103 Å². The first-order valence-electron chi connectivity index (χ1n) is 6.24. The molecule has 17 heavy (non-hydrogen) atoms. The molecule has 0 radical (unpaired) electrons. The third kappa shape index (κ3) is 4.57. The second kappa shape index (κ2) is 7.85. The van der Waals surface area contributed by atoms with Crippen LogP contribution in [0, 0.1) is 0 Å². The summed E-state index contributed by atoms with van der Waals surface area (Å²) in [6.07, 6.45) is 3.24. The monoisotopic (exact) mass is 235 g/mol. The summed E-state index contributed by atoms with van der Waals surface area (Å²) in [4.78, 5) is 13.9. The number of hydrogen-bond donors (Lipinski definition) is 1. The second-order valence-electron chi connectivity index (χ2n) is 4.09. The van der Waals surface area contributed by atoms with Gasteiger partial charge in [0.15, 0.2) is 0 Å². The number of carbonyl (C=O) groups excluding carboxylic acids is 1. The average Bonchev–Trinajstić information content (AvgIpc) is 2.38. The first kappa shape index (κ1) is 13.7. The van der Waals surface area contributed by atoms with Gasteiger partial charge in [-0.15, -0.1) is 0 Å². The van der Waals surface area contributed by atoms with Gasteiger partial charge in [-0.25, -0.2) is 0 Å². The maximum Gasteiger partial charge on any atom is 0.253 e. The van der Waals surface area contributed by atoms with E-state index in [4.69, 9.17) is 5.11 Å². The van der Waals surface area contributed by atoms with Crippen molar-refractivity contribution in [3.63, 3.8) is 0 Å². The van der Waals surface area contributed by atoms with Crippen LogP contribution in [0.3, 0.4) is 0 Å². The number of unbranched alkanes of at least 4 members (excludes halogenated alkanes) is 2. The zero-order valence-electron chi connectivity index (χ0n) is 10.4. The molecule has 0 aliphatic heterocycles. The number of aliphatic hydroxyl groups is 1. The minimum Gasteiger partial charge on any atom is -0.395 e. The van der Waals surface area contributed by atoms with E-state index in [0.29, 0.717) is 12.1 Å². The second-order valence-corrected chi connectivity index (χ2v) is 4.09. The highest BCUT2D eigenvalue weighted by Gasteiger charge is 2.13. The van der Waals surface area contributed by atoms with Gasteiger partial charge in [0.1, 0.15) is 0 Å². The third-order valence-corrected chi connectivity index (χ3v) is 2.71. The standard InChI is InChI=1S/C14H21NO2/c1-2-3-7-10-15(11-12-16)14(17)13-8-5-4-6-9-13/h4-6,8-9,16H,2-3,7,10-12H2,1H3. The quantitative estimate of drug-likeness (QED) is 0.737. The zero-order chi connectivity index (χ0) is 12.5. The molecule has 0 saturated carbocycles. The topological polar surface area (TPSA) is 40.5 Å². The molecule has 1 amide bonds. The minimum absolute atomic E-state index is 0.00996. The van der Waals surface area contributed by atoms with Gasteiger partial charge in [-0.3, -0.25) is 4.79 Å². The number of benzene rings is 1. The van der Waals surface area contributed by atoms with Gasteiger partial charge >= 0.3 is 0 Å². The fourth-order valence-corrected chi connectivity index (χ4v) is 1.75. The van der Waals surface area contributed by atoms with Gasteiger partial charge in [0.05, 0.1) is 6.61 Å². The SMILES string of the molecule is CCCCCN(CCO)C(=O)c1ccccc1. The highest BCUT2D eigenvalue weighted by Crippen LogP contribution is 2.06. The number of carbonyl (C=O) groups is 1. The predicted octanol–water partition coefficient (Wildman–Crippen LogP) is 2.31. The van der Waals surface area contributed by atoms with Crippen LogP contribution in [0.15, 0.2) is 30.3 Å². The van der Waals surface area contributed by atoms with Crippen molar-refractivity contribution < 1.29 is 9.90 Å². The van der Waals surface area contributed by atoms with Crippen LogP contribution in [0.1, 0.15) is 36.5 Å². The van der Waals surface area contributed by atoms with Crippen LogP contribution in [0.25, 0.3) is 0 Å². The number of aliphatic hydroxyl groups excluding tert-OH is 1. The predicted molar refractivity (Wildman–Crippen MR) is 69.0 cm³/mol. The van der Waals surface area contributed by atoms with Gasteiger partial charge in [0.2, 0.25) is 0 Å². The average molecular weight is 235 g/mol. The Balaban J connectivity index is 2.60. The molecule has 0 aliphatic rings. The van der Waals surface area contributed by atoms with Crippen LogP contribution in [-0.4, -0.2) is 35.6 Å². The Morgan fingerprint density at radius 1 is 1.18 bits per heavy atom. The van der Waals surface area contributed by atoms with E-state index in [1.165, 1.54) is 0 Å². The molecule has 1 aromatic rings. The van der Waals surface area contributed by atoms with Crippen molar-refractivity contribution in [2.45, 2.75) is 26.2 Å². The lowest BCUT2D eigenvalue weighted by Crippen LogP contribution is -2.34. The van der Waals surface area contributed by atoms with Crippen LogP contribution >= 0.6 is 0 Å². The largest absolute Gasteiger partial charge is 0.395 e. The molecule has 94 valence electrons. The van der Waals surface area contributed by atoms with Crippen molar-refractivity contribution in [3.05, 3.63) is 35.9 Å². The highest BCUT2D eigenvalue weighted by atomic mass is 16.3. The van der Waals surface area contributed by atoms with Crippen LogP contribution in [0.5, 0.6) is 0 Å². The van der Waals surface area contributed by atoms with E-state index in [9.17, 15) is 4.79 Å². The Morgan fingerprint density at radius 2 is 1.88 bits per heavy atom.